The highest BCUT2D eigenvalue weighted by atomic mass is 19.1. The summed E-state index contributed by atoms with van der Waals surface area (Å²) in [6.07, 6.45) is 4.45. The molecule has 1 unspecified atom stereocenters. The molecule has 1 saturated heterocycles. The van der Waals surface area contributed by atoms with E-state index in [9.17, 15) is 9.18 Å². The number of nitrogens with zero attached hydrogens (tertiary/aromatic N) is 4. The SMILES string of the molecule is Cc1cnc(N2CCCC(N(C)CC(=O)O)CC2)nc1-c1ccccc1F. The van der Waals surface area contributed by atoms with Gasteiger partial charge in [-0.15, -0.1) is 0 Å². The van der Waals surface area contributed by atoms with E-state index < -0.39 is 5.97 Å². The van der Waals surface area contributed by atoms with E-state index in [2.05, 4.69) is 14.9 Å². The Morgan fingerprint density at radius 2 is 2.11 bits per heavy atom. The number of anilines is 1. The van der Waals surface area contributed by atoms with Crippen molar-refractivity contribution in [3.63, 3.8) is 0 Å². The summed E-state index contributed by atoms with van der Waals surface area (Å²) in [5.41, 5.74) is 1.92. The molecule has 0 amide bonds. The summed E-state index contributed by atoms with van der Waals surface area (Å²) in [4.78, 5) is 24.1. The molecule has 3 rings (SSSR count). The Balaban J connectivity index is 1.78. The number of rotatable bonds is 5. The molecule has 27 heavy (non-hydrogen) atoms. The number of likely N-dealkylation sites (N-methyl/N-ethyl adjacent to an activating group) is 1. The fourth-order valence-corrected chi connectivity index (χ4v) is 3.57. The summed E-state index contributed by atoms with van der Waals surface area (Å²) < 4.78 is 14.2. The summed E-state index contributed by atoms with van der Waals surface area (Å²) in [5.74, 6) is -0.508. The van der Waals surface area contributed by atoms with Crippen LogP contribution in [-0.2, 0) is 4.79 Å². The fourth-order valence-electron chi connectivity index (χ4n) is 3.57. The van der Waals surface area contributed by atoms with E-state index >= 15 is 0 Å². The van der Waals surface area contributed by atoms with E-state index in [1.165, 1.54) is 6.07 Å². The van der Waals surface area contributed by atoms with E-state index in [0.29, 0.717) is 17.2 Å². The van der Waals surface area contributed by atoms with Crippen LogP contribution in [0.5, 0.6) is 0 Å². The molecule has 1 fully saturated rings. The fraction of sp³-hybridized carbons (Fsp3) is 0.450. The lowest BCUT2D eigenvalue weighted by Gasteiger charge is -2.25. The van der Waals surface area contributed by atoms with Gasteiger partial charge in [0.05, 0.1) is 12.2 Å². The largest absolute Gasteiger partial charge is 0.480 e. The topological polar surface area (TPSA) is 69.6 Å². The third-order valence-corrected chi connectivity index (χ3v) is 5.08. The molecule has 0 spiro atoms. The number of aryl methyl sites for hydroxylation is 1. The molecule has 1 aliphatic heterocycles. The van der Waals surface area contributed by atoms with Gasteiger partial charge in [-0.2, -0.15) is 0 Å². The van der Waals surface area contributed by atoms with Crippen LogP contribution in [0.25, 0.3) is 11.3 Å². The van der Waals surface area contributed by atoms with Gasteiger partial charge < -0.3 is 10.0 Å². The first-order chi connectivity index (χ1) is 13.0. The second kappa shape index (κ2) is 8.43. The highest BCUT2D eigenvalue weighted by Crippen LogP contribution is 2.26. The van der Waals surface area contributed by atoms with E-state index in [1.54, 1.807) is 24.4 Å². The molecule has 144 valence electrons. The number of aromatic nitrogens is 2. The lowest BCUT2D eigenvalue weighted by atomic mass is 10.1. The molecule has 2 aromatic rings. The lowest BCUT2D eigenvalue weighted by Crippen LogP contribution is -2.36. The van der Waals surface area contributed by atoms with Crippen LogP contribution in [0.4, 0.5) is 10.3 Å². The average molecular weight is 372 g/mol. The molecule has 7 heteroatoms. The zero-order chi connectivity index (χ0) is 19.4. The van der Waals surface area contributed by atoms with Gasteiger partial charge in [0.25, 0.3) is 0 Å². The average Bonchev–Trinajstić information content (AvgIpc) is 2.89. The number of carboxylic acid groups (broad SMARTS) is 1. The van der Waals surface area contributed by atoms with Gasteiger partial charge in [-0.05, 0) is 50.9 Å². The summed E-state index contributed by atoms with van der Waals surface area (Å²) in [7, 11) is 1.85. The Labute approximate surface area is 158 Å². The van der Waals surface area contributed by atoms with E-state index in [0.717, 1.165) is 37.9 Å². The third kappa shape index (κ3) is 4.60. The monoisotopic (exact) mass is 372 g/mol. The number of aliphatic carboxylic acids is 1. The van der Waals surface area contributed by atoms with E-state index in [4.69, 9.17) is 5.11 Å². The maximum absolute atomic E-state index is 14.2. The van der Waals surface area contributed by atoms with Crippen molar-refractivity contribution in [2.75, 3.05) is 31.6 Å². The van der Waals surface area contributed by atoms with Crippen LogP contribution in [0.1, 0.15) is 24.8 Å². The van der Waals surface area contributed by atoms with Gasteiger partial charge in [0.2, 0.25) is 5.95 Å². The number of carbonyl (C=O) groups is 1. The quantitative estimate of drug-likeness (QED) is 0.870. The first-order valence-corrected chi connectivity index (χ1v) is 9.21. The van der Waals surface area contributed by atoms with Crippen molar-refractivity contribution in [2.24, 2.45) is 0 Å². The van der Waals surface area contributed by atoms with Crippen molar-refractivity contribution >= 4 is 11.9 Å². The molecule has 0 bridgehead atoms. The molecule has 1 aromatic heterocycles. The molecule has 6 nitrogen and oxygen atoms in total. The number of halogens is 1. The summed E-state index contributed by atoms with van der Waals surface area (Å²) in [6, 6.07) is 6.86. The maximum Gasteiger partial charge on any atom is 0.317 e. The molecule has 1 aliphatic rings. The molecule has 1 N–H and O–H groups in total. The first kappa shape index (κ1) is 19.2. The van der Waals surface area contributed by atoms with Crippen LogP contribution in [0, 0.1) is 12.7 Å². The van der Waals surface area contributed by atoms with Crippen molar-refractivity contribution in [1.29, 1.82) is 0 Å². The highest BCUT2D eigenvalue weighted by Gasteiger charge is 2.23. The Bertz CT molecular complexity index is 814. The highest BCUT2D eigenvalue weighted by molar-refractivity contribution is 5.69. The first-order valence-electron chi connectivity index (χ1n) is 9.21. The van der Waals surface area contributed by atoms with Gasteiger partial charge in [0.1, 0.15) is 5.82 Å². The summed E-state index contributed by atoms with van der Waals surface area (Å²) >= 11 is 0. The van der Waals surface area contributed by atoms with Gasteiger partial charge in [-0.25, -0.2) is 14.4 Å². The number of benzene rings is 1. The van der Waals surface area contributed by atoms with Gasteiger partial charge >= 0.3 is 5.97 Å². The predicted molar refractivity (Wildman–Crippen MR) is 102 cm³/mol. The minimum atomic E-state index is -0.810. The number of carboxylic acids is 1. The van der Waals surface area contributed by atoms with Crippen LogP contribution in [0.3, 0.4) is 0 Å². The molecule has 0 radical (unpaired) electrons. The van der Waals surface area contributed by atoms with Crippen LogP contribution < -0.4 is 4.90 Å². The zero-order valence-electron chi connectivity index (χ0n) is 15.7. The predicted octanol–water partition coefficient (Wildman–Crippen LogP) is 2.97. The Hall–Kier alpha value is -2.54. The van der Waals surface area contributed by atoms with Crippen LogP contribution in [0.2, 0.25) is 0 Å². The summed E-state index contributed by atoms with van der Waals surface area (Å²) in [5, 5.41) is 9.00. The minimum Gasteiger partial charge on any atom is -0.480 e. The smallest absolute Gasteiger partial charge is 0.317 e. The normalized spacial score (nSPS) is 17.8. The molecule has 2 heterocycles. The minimum absolute atomic E-state index is 0.0448. The molecular weight excluding hydrogens is 347 g/mol. The third-order valence-electron chi connectivity index (χ3n) is 5.08. The van der Waals surface area contributed by atoms with Crippen molar-refractivity contribution < 1.29 is 14.3 Å². The van der Waals surface area contributed by atoms with Crippen LogP contribution in [0.15, 0.2) is 30.5 Å². The van der Waals surface area contributed by atoms with Gasteiger partial charge in [0.15, 0.2) is 0 Å². The molecule has 0 saturated carbocycles. The standard InChI is InChI=1S/C20H25FN4O2/c1-14-12-22-20(23-19(14)16-7-3-4-8-17(16)21)25-10-5-6-15(9-11-25)24(2)13-18(26)27/h3-4,7-8,12,15H,5-6,9-11,13H2,1-2H3,(H,26,27). The zero-order valence-corrected chi connectivity index (χ0v) is 15.7. The van der Waals surface area contributed by atoms with E-state index in [-0.39, 0.29) is 18.4 Å². The molecule has 1 atom stereocenters. The summed E-state index contributed by atoms with van der Waals surface area (Å²) in [6.45, 7) is 3.47. The molecule has 1 aromatic carbocycles. The van der Waals surface area contributed by atoms with Gasteiger partial charge in [-0.1, -0.05) is 12.1 Å². The second-order valence-electron chi connectivity index (χ2n) is 7.06. The van der Waals surface area contributed by atoms with Crippen molar-refractivity contribution in [1.82, 2.24) is 14.9 Å². The van der Waals surface area contributed by atoms with Crippen molar-refractivity contribution in [2.45, 2.75) is 32.2 Å². The van der Waals surface area contributed by atoms with Crippen molar-refractivity contribution in [3.05, 3.63) is 41.8 Å². The Morgan fingerprint density at radius 3 is 2.85 bits per heavy atom. The Morgan fingerprint density at radius 1 is 1.33 bits per heavy atom. The Kier molecular flexibility index (Phi) is 6.01. The molecule has 0 aliphatic carbocycles. The number of hydrogen-bond acceptors (Lipinski definition) is 5. The second-order valence-corrected chi connectivity index (χ2v) is 7.06. The molecular formula is C20H25FN4O2. The van der Waals surface area contributed by atoms with Crippen molar-refractivity contribution in [3.8, 4) is 11.3 Å². The van der Waals surface area contributed by atoms with E-state index in [1.807, 2.05) is 18.9 Å². The van der Waals surface area contributed by atoms with Gasteiger partial charge in [0, 0.05) is 30.9 Å². The van der Waals surface area contributed by atoms with Gasteiger partial charge in [-0.3, -0.25) is 9.69 Å². The van der Waals surface area contributed by atoms with Crippen LogP contribution in [-0.4, -0.2) is 58.7 Å². The number of hydrogen-bond donors (Lipinski definition) is 1. The maximum atomic E-state index is 14.2. The van der Waals surface area contributed by atoms with Crippen LogP contribution >= 0.6 is 0 Å². The lowest BCUT2D eigenvalue weighted by molar-refractivity contribution is -0.138.